The summed E-state index contributed by atoms with van der Waals surface area (Å²) in [5.41, 5.74) is 1.34. The van der Waals surface area contributed by atoms with E-state index in [2.05, 4.69) is 20.2 Å². The summed E-state index contributed by atoms with van der Waals surface area (Å²) in [6.45, 7) is 2.05. The number of para-hydroxylation sites is 2. The van der Waals surface area contributed by atoms with Crippen molar-refractivity contribution in [2.24, 2.45) is 0 Å². The molecule has 4 rings (SSSR count). The quantitative estimate of drug-likeness (QED) is 0.357. The number of aromatic nitrogens is 2. The lowest BCUT2D eigenvalue weighted by Gasteiger charge is -2.10. The molecule has 2 N–H and O–H groups in total. The van der Waals surface area contributed by atoms with E-state index in [1.165, 1.54) is 11.3 Å². The highest BCUT2D eigenvalue weighted by molar-refractivity contribution is 7.89. The minimum absolute atomic E-state index is 0.159. The van der Waals surface area contributed by atoms with Crippen molar-refractivity contribution in [3.05, 3.63) is 95.0 Å². The molecule has 1 amide bonds. The van der Waals surface area contributed by atoms with Gasteiger partial charge in [-0.15, -0.1) is 10.2 Å². The molecule has 0 saturated heterocycles. The van der Waals surface area contributed by atoms with Crippen molar-refractivity contribution >= 4 is 32.4 Å². The number of benzene rings is 3. The van der Waals surface area contributed by atoms with E-state index < -0.39 is 10.0 Å². The van der Waals surface area contributed by atoms with E-state index in [0.717, 1.165) is 5.56 Å². The van der Waals surface area contributed by atoms with Gasteiger partial charge in [-0.2, -0.15) is 0 Å². The van der Waals surface area contributed by atoms with Crippen molar-refractivity contribution in [1.29, 1.82) is 0 Å². The Morgan fingerprint density at radius 3 is 2.41 bits per heavy atom. The molecular weight excluding hydrogens is 472 g/mol. The fourth-order valence-electron chi connectivity index (χ4n) is 3.02. The topological polar surface area (TPSA) is 110 Å². The summed E-state index contributed by atoms with van der Waals surface area (Å²) in [5, 5.41) is 11.7. The van der Waals surface area contributed by atoms with Crippen LogP contribution in [0.2, 0.25) is 0 Å². The van der Waals surface area contributed by atoms with Crippen molar-refractivity contribution in [2.45, 2.75) is 18.2 Å². The van der Waals surface area contributed by atoms with E-state index in [1.807, 2.05) is 25.1 Å². The minimum Gasteiger partial charge on any atom is -0.457 e. The maximum atomic E-state index is 12.8. The van der Waals surface area contributed by atoms with Crippen LogP contribution in [-0.4, -0.2) is 31.1 Å². The number of carbonyl (C=O) groups is 1. The van der Waals surface area contributed by atoms with Crippen molar-refractivity contribution in [3.8, 4) is 11.5 Å². The average Bonchev–Trinajstić information content (AvgIpc) is 3.27. The van der Waals surface area contributed by atoms with E-state index in [9.17, 15) is 13.2 Å². The lowest BCUT2D eigenvalue weighted by atomic mass is 10.2. The van der Waals surface area contributed by atoms with Gasteiger partial charge in [0.25, 0.3) is 5.91 Å². The summed E-state index contributed by atoms with van der Waals surface area (Å²) < 4.78 is 33.2. The number of aryl methyl sites for hydroxylation is 1. The third kappa shape index (κ3) is 6.04. The van der Waals surface area contributed by atoms with Gasteiger partial charge in [-0.05, 0) is 43.3 Å². The molecule has 0 atom stereocenters. The highest BCUT2D eigenvalue weighted by Crippen LogP contribution is 2.26. The molecule has 0 aliphatic heterocycles. The first-order valence-electron chi connectivity index (χ1n) is 10.4. The van der Waals surface area contributed by atoms with Crippen LogP contribution in [0.3, 0.4) is 0 Å². The molecule has 0 unspecified atom stereocenters. The number of rotatable bonds is 9. The van der Waals surface area contributed by atoms with Crippen LogP contribution in [0, 0.1) is 6.92 Å². The Labute approximate surface area is 201 Å². The smallest absolute Gasteiger partial charge is 0.261 e. The number of ether oxygens (including phenoxy) is 1. The van der Waals surface area contributed by atoms with Crippen LogP contribution in [0.1, 0.15) is 20.9 Å². The van der Waals surface area contributed by atoms with Crippen LogP contribution < -0.4 is 14.8 Å². The maximum absolute atomic E-state index is 12.8. The molecule has 0 aliphatic rings. The van der Waals surface area contributed by atoms with Gasteiger partial charge < -0.3 is 4.74 Å². The summed E-state index contributed by atoms with van der Waals surface area (Å²) >= 11 is 1.18. The number of anilines is 1. The third-order valence-electron chi connectivity index (χ3n) is 4.75. The van der Waals surface area contributed by atoms with Gasteiger partial charge in [0.2, 0.25) is 15.2 Å². The number of amides is 1. The SMILES string of the molecule is Cc1ccc(S(=O)(=O)NCCc2nnc(NC(=O)c3ccccc3Oc3ccccc3)s2)cc1. The summed E-state index contributed by atoms with van der Waals surface area (Å²) in [5.74, 6) is 0.657. The van der Waals surface area contributed by atoms with Crippen LogP contribution in [0.4, 0.5) is 5.13 Å². The highest BCUT2D eigenvalue weighted by Gasteiger charge is 2.16. The first-order valence-corrected chi connectivity index (χ1v) is 12.7. The third-order valence-corrected chi connectivity index (χ3v) is 7.13. The number of hydrogen-bond donors (Lipinski definition) is 2. The Bertz CT molecular complexity index is 1370. The van der Waals surface area contributed by atoms with Crippen LogP contribution >= 0.6 is 11.3 Å². The van der Waals surface area contributed by atoms with Crippen molar-refractivity contribution in [2.75, 3.05) is 11.9 Å². The molecule has 0 bridgehead atoms. The predicted octanol–water partition coefficient (Wildman–Crippen LogP) is 4.41. The van der Waals surface area contributed by atoms with Crippen LogP contribution in [0.15, 0.2) is 83.8 Å². The summed E-state index contributed by atoms with van der Waals surface area (Å²) in [4.78, 5) is 13.0. The van der Waals surface area contributed by atoms with Gasteiger partial charge >= 0.3 is 0 Å². The largest absolute Gasteiger partial charge is 0.457 e. The molecule has 0 saturated carbocycles. The van der Waals surface area contributed by atoms with Crippen LogP contribution in [-0.2, 0) is 16.4 Å². The van der Waals surface area contributed by atoms with Gasteiger partial charge in [0, 0.05) is 13.0 Å². The number of carbonyl (C=O) groups excluding carboxylic acids is 1. The number of hydrogen-bond acceptors (Lipinski definition) is 7. The molecule has 8 nitrogen and oxygen atoms in total. The van der Waals surface area contributed by atoms with Crippen LogP contribution in [0.25, 0.3) is 0 Å². The molecule has 34 heavy (non-hydrogen) atoms. The molecular formula is C24H22N4O4S2. The van der Waals surface area contributed by atoms with Gasteiger partial charge in [-0.1, -0.05) is 59.4 Å². The van der Waals surface area contributed by atoms with Crippen molar-refractivity contribution in [1.82, 2.24) is 14.9 Å². The van der Waals surface area contributed by atoms with E-state index in [-0.39, 0.29) is 17.3 Å². The zero-order valence-electron chi connectivity index (χ0n) is 18.3. The molecule has 1 heterocycles. The first-order chi connectivity index (χ1) is 16.4. The van der Waals surface area contributed by atoms with Crippen LogP contribution in [0.5, 0.6) is 11.5 Å². The second-order valence-electron chi connectivity index (χ2n) is 7.33. The monoisotopic (exact) mass is 494 g/mol. The fourth-order valence-corrected chi connectivity index (χ4v) is 4.79. The Morgan fingerprint density at radius 2 is 1.65 bits per heavy atom. The Hall–Kier alpha value is -3.60. The molecule has 0 aliphatic carbocycles. The van der Waals surface area contributed by atoms with E-state index in [4.69, 9.17) is 4.74 Å². The average molecular weight is 495 g/mol. The lowest BCUT2D eigenvalue weighted by molar-refractivity contribution is 0.102. The fraction of sp³-hybridized carbons (Fsp3) is 0.125. The second-order valence-corrected chi connectivity index (χ2v) is 10.2. The van der Waals surface area contributed by atoms with Gasteiger partial charge in [0.15, 0.2) is 0 Å². The Morgan fingerprint density at radius 1 is 0.941 bits per heavy atom. The number of nitrogens with zero attached hydrogens (tertiary/aromatic N) is 2. The summed E-state index contributed by atoms with van der Waals surface area (Å²) in [6.07, 6.45) is 0.340. The van der Waals surface area contributed by atoms with E-state index in [1.54, 1.807) is 60.7 Å². The van der Waals surface area contributed by atoms with E-state index in [0.29, 0.717) is 33.6 Å². The lowest BCUT2D eigenvalue weighted by Crippen LogP contribution is -2.25. The normalized spacial score (nSPS) is 11.2. The molecule has 10 heteroatoms. The molecule has 0 spiro atoms. The van der Waals surface area contributed by atoms with Gasteiger partial charge in [0.1, 0.15) is 16.5 Å². The van der Waals surface area contributed by atoms with Gasteiger partial charge in [-0.3, -0.25) is 10.1 Å². The molecule has 3 aromatic carbocycles. The minimum atomic E-state index is -3.60. The first kappa shape index (κ1) is 23.6. The standard InChI is InChI=1S/C24H22N4O4S2/c1-17-11-13-19(14-12-17)34(30,31)25-16-15-22-27-28-24(33-22)26-23(29)20-9-5-6-10-21(20)32-18-7-3-2-4-8-18/h2-14,25H,15-16H2,1H3,(H,26,28,29). The predicted molar refractivity (Wildman–Crippen MR) is 131 cm³/mol. The van der Waals surface area contributed by atoms with Crippen molar-refractivity contribution in [3.63, 3.8) is 0 Å². The zero-order chi connectivity index (χ0) is 24.0. The van der Waals surface area contributed by atoms with E-state index >= 15 is 0 Å². The Kier molecular flexibility index (Phi) is 7.31. The molecule has 1 aromatic heterocycles. The zero-order valence-corrected chi connectivity index (χ0v) is 19.9. The Balaban J connectivity index is 1.35. The molecule has 4 aromatic rings. The molecule has 174 valence electrons. The molecule has 0 radical (unpaired) electrons. The van der Waals surface area contributed by atoms with Crippen molar-refractivity contribution < 1.29 is 17.9 Å². The summed E-state index contributed by atoms with van der Waals surface area (Å²) in [7, 11) is -3.60. The second kappa shape index (κ2) is 10.6. The molecule has 0 fully saturated rings. The maximum Gasteiger partial charge on any atom is 0.261 e. The number of nitrogens with one attached hydrogen (secondary N) is 2. The summed E-state index contributed by atoms with van der Waals surface area (Å²) in [6, 6.07) is 22.7. The van der Waals surface area contributed by atoms with Gasteiger partial charge in [-0.25, -0.2) is 13.1 Å². The van der Waals surface area contributed by atoms with Gasteiger partial charge in [0.05, 0.1) is 10.5 Å². The highest BCUT2D eigenvalue weighted by atomic mass is 32.2. The number of sulfonamides is 1.